The zero-order chi connectivity index (χ0) is 35.1. The highest BCUT2D eigenvalue weighted by atomic mass is 32.2. The van der Waals surface area contributed by atoms with E-state index in [-0.39, 0.29) is 41.1 Å². The van der Waals surface area contributed by atoms with Crippen LogP contribution < -0.4 is 16.4 Å². The van der Waals surface area contributed by atoms with Crippen molar-refractivity contribution in [2.75, 3.05) is 5.75 Å². The third kappa shape index (κ3) is 8.89. The molecule has 2 heterocycles. The number of hydrogen-bond acceptors (Lipinski definition) is 10. The number of esters is 1. The summed E-state index contributed by atoms with van der Waals surface area (Å²) in [4.78, 5) is 66.4. The van der Waals surface area contributed by atoms with Gasteiger partial charge in [-0.3, -0.25) is 24.2 Å². The van der Waals surface area contributed by atoms with E-state index in [9.17, 15) is 34.2 Å². The lowest BCUT2D eigenvalue weighted by Crippen LogP contribution is -2.53. The Labute approximate surface area is 289 Å². The molecule has 5 rings (SSSR count). The predicted octanol–water partition coefficient (Wildman–Crippen LogP) is 2.82. The molecule has 1 aromatic rings. The van der Waals surface area contributed by atoms with Crippen molar-refractivity contribution < 1.29 is 44.0 Å². The highest BCUT2D eigenvalue weighted by molar-refractivity contribution is 8.00. The fourth-order valence-corrected chi connectivity index (χ4v) is 9.52. The number of aromatic nitrogens is 1. The number of aliphatic hydroxyl groups excluding tert-OH is 1. The molecule has 1 aromatic heterocycles. The molecule has 266 valence electrons. The van der Waals surface area contributed by atoms with E-state index < -0.39 is 48.0 Å². The molecule has 1 spiro atoms. The van der Waals surface area contributed by atoms with Crippen molar-refractivity contribution in [3.8, 4) is 0 Å². The number of nitrogens with two attached hydrogens (primary N) is 1. The number of nitrogens with zero attached hydrogens (tertiary/aromatic N) is 1. The molecule has 0 saturated heterocycles. The van der Waals surface area contributed by atoms with Gasteiger partial charge in [-0.2, -0.15) is 0 Å². The lowest BCUT2D eigenvalue weighted by molar-refractivity contribution is -0.151. The molecule has 0 aromatic carbocycles. The summed E-state index contributed by atoms with van der Waals surface area (Å²) in [5.41, 5.74) is 8.70. The Balaban J connectivity index is 1.46. The van der Waals surface area contributed by atoms with Crippen molar-refractivity contribution >= 4 is 41.5 Å². The number of pyridine rings is 1. The number of hydrogen-bond donors (Lipinski definition) is 6. The molecular weight excluding hydrogens is 652 g/mol. The molecule has 13 nitrogen and oxygen atoms in total. The molecule has 0 bridgehead atoms. The number of rotatable bonds is 13. The predicted molar refractivity (Wildman–Crippen MR) is 180 cm³/mol. The van der Waals surface area contributed by atoms with Gasteiger partial charge in [-0.1, -0.05) is 43.8 Å². The Morgan fingerprint density at radius 1 is 1.02 bits per heavy atom. The molecule has 1 fully saturated rings. The summed E-state index contributed by atoms with van der Waals surface area (Å²) < 4.78 is 6.26. The lowest BCUT2D eigenvalue weighted by Gasteiger charge is -2.40. The van der Waals surface area contributed by atoms with Crippen LogP contribution in [0.2, 0.25) is 0 Å². The van der Waals surface area contributed by atoms with Gasteiger partial charge in [-0.05, 0) is 79.5 Å². The molecule has 1 saturated carbocycles. The first-order valence-electron chi connectivity index (χ1n) is 17.1. The second-order valence-electron chi connectivity index (χ2n) is 13.7. The van der Waals surface area contributed by atoms with Gasteiger partial charge in [0.05, 0.1) is 5.25 Å². The molecular formula is C35H46N4O9S. The van der Waals surface area contributed by atoms with Crippen LogP contribution in [0.4, 0.5) is 0 Å². The highest BCUT2D eigenvalue weighted by Crippen LogP contribution is 2.56. The van der Waals surface area contributed by atoms with Crippen LogP contribution >= 0.6 is 11.8 Å². The fourth-order valence-electron chi connectivity index (χ4n) is 7.86. The summed E-state index contributed by atoms with van der Waals surface area (Å²) in [6, 6.07) is 1.42. The van der Waals surface area contributed by atoms with Gasteiger partial charge in [0.2, 0.25) is 18.0 Å². The van der Waals surface area contributed by atoms with Crippen molar-refractivity contribution in [2.24, 2.45) is 23.0 Å². The van der Waals surface area contributed by atoms with Crippen LogP contribution in [-0.4, -0.2) is 79.3 Å². The van der Waals surface area contributed by atoms with Gasteiger partial charge in [-0.15, -0.1) is 11.8 Å². The summed E-state index contributed by atoms with van der Waals surface area (Å²) in [6.07, 6.45) is 13.3. The van der Waals surface area contributed by atoms with E-state index in [1.165, 1.54) is 17.3 Å². The molecule has 0 unspecified atom stereocenters. The van der Waals surface area contributed by atoms with Crippen LogP contribution in [-0.2, 0) is 35.1 Å². The van der Waals surface area contributed by atoms with Gasteiger partial charge < -0.3 is 36.4 Å². The van der Waals surface area contributed by atoms with E-state index in [0.29, 0.717) is 5.76 Å². The minimum atomic E-state index is -2.19. The number of ether oxygens (including phenoxy) is 1. The Morgan fingerprint density at radius 2 is 1.71 bits per heavy atom. The van der Waals surface area contributed by atoms with Gasteiger partial charge in [0.25, 0.3) is 0 Å². The molecule has 1 aliphatic heterocycles. The van der Waals surface area contributed by atoms with Crippen molar-refractivity contribution in [3.63, 3.8) is 0 Å². The smallest absolute Gasteiger partial charge is 0.353 e. The maximum atomic E-state index is 13.7. The Bertz CT molecular complexity index is 1480. The second-order valence-corrected chi connectivity index (χ2v) is 14.8. The second kappa shape index (κ2) is 16.3. The Hall–Kier alpha value is -3.75. The number of nitrogens with one attached hydrogen (secondary N) is 2. The van der Waals surface area contributed by atoms with Crippen molar-refractivity contribution in [2.45, 2.75) is 107 Å². The average molecular weight is 699 g/mol. The highest BCUT2D eigenvalue weighted by Gasteiger charge is 2.51. The van der Waals surface area contributed by atoms with Gasteiger partial charge in [0, 0.05) is 24.6 Å². The number of aliphatic hydroxyl groups is 1. The molecule has 3 aliphatic carbocycles. The number of thioether (sulfide) groups is 1. The fraction of sp³-hybridized carbons (Fsp3) is 0.600. The van der Waals surface area contributed by atoms with E-state index >= 15 is 0 Å². The SMILES string of the molecule is N[C@@H](CCC(=O)N[C@@H](CS[C@H]1C2=C3[C@@H](CCCCCC14CCCC4)CC(Cc1ccncc1)=C[C@H]3C(=O)O2)C(=O)N[C@@H](O)C(=O)O)C(=O)O. The molecule has 4 aliphatic rings. The van der Waals surface area contributed by atoms with Gasteiger partial charge >= 0.3 is 17.9 Å². The average Bonchev–Trinajstić information content (AvgIpc) is 3.68. The third-order valence-corrected chi connectivity index (χ3v) is 11.9. The number of carbonyl (C=O) groups excluding carboxylic acids is 3. The number of allylic oxidation sites excluding steroid dienone is 1. The zero-order valence-corrected chi connectivity index (χ0v) is 28.3. The number of amides is 2. The van der Waals surface area contributed by atoms with Crippen molar-refractivity contribution in [1.82, 2.24) is 15.6 Å². The first kappa shape index (κ1) is 36.5. The van der Waals surface area contributed by atoms with Gasteiger partial charge in [0.1, 0.15) is 23.8 Å². The third-order valence-electron chi connectivity index (χ3n) is 10.3. The van der Waals surface area contributed by atoms with E-state index in [0.717, 1.165) is 81.8 Å². The first-order chi connectivity index (χ1) is 23.5. The minimum absolute atomic E-state index is 0.00584. The maximum absolute atomic E-state index is 13.7. The molecule has 49 heavy (non-hydrogen) atoms. The molecule has 6 atom stereocenters. The molecule has 7 N–H and O–H groups in total. The summed E-state index contributed by atoms with van der Waals surface area (Å²) in [5.74, 6) is -4.49. The van der Waals surface area contributed by atoms with E-state index in [2.05, 4.69) is 16.4 Å². The van der Waals surface area contributed by atoms with E-state index in [1.807, 2.05) is 17.4 Å². The summed E-state index contributed by atoms with van der Waals surface area (Å²) in [7, 11) is 0. The van der Waals surface area contributed by atoms with Crippen LogP contribution in [0.5, 0.6) is 0 Å². The normalized spacial score (nSPS) is 25.0. The molecule has 14 heteroatoms. The van der Waals surface area contributed by atoms with E-state index in [1.54, 1.807) is 12.4 Å². The van der Waals surface area contributed by atoms with E-state index in [4.69, 9.17) is 15.6 Å². The summed E-state index contributed by atoms with van der Waals surface area (Å²) in [6.45, 7) is 0. The number of carboxylic acid groups (broad SMARTS) is 2. The van der Waals surface area contributed by atoms with Crippen LogP contribution in [0.25, 0.3) is 0 Å². The van der Waals surface area contributed by atoms with Crippen LogP contribution in [0.1, 0.15) is 82.6 Å². The van der Waals surface area contributed by atoms with Crippen LogP contribution in [0.15, 0.2) is 47.5 Å². The summed E-state index contributed by atoms with van der Waals surface area (Å²) in [5, 5.41) is 32.5. The number of carbonyl (C=O) groups is 5. The Morgan fingerprint density at radius 3 is 2.39 bits per heavy atom. The first-order valence-corrected chi connectivity index (χ1v) is 18.2. The van der Waals surface area contributed by atoms with Crippen molar-refractivity contribution in [3.05, 3.63) is 53.1 Å². The maximum Gasteiger partial charge on any atom is 0.353 e. The number of aliphatic carboxylic acids is 2. The molecule has 0 radical (unpaired) electrons. The largest absolute Gasteiger partial charge is 0.480 e. The minimum Gasteiger partial charge on any atom is -0.480 e. The van der Waals surface area contributed by atoms with Crippen LogP contribution in [0, 0.1) is 17.3 Å². The topological polar surface area (TPSA) is 218 Å². The number of carboxylic acids is 2. The Kier molecular flexibility index (Phi) is 12.2. The van der Waals surface area contributed by atoms with Gasteiger partial charge in [0.15, 0.2) is 0 Å². The van der Waals surface area contributed by atoms with Crippen molar-refractivity contribution in [1.29, 1.82) is 0 Å². The summed E-state index contributed by atoms with van der Waals surface area (Å²) >= 11 is 1.41. The monoisotopic (exact) mass is 698 g/mol. The van der Waals surface area contributed by atoms with Crippen LogP contribution in [0.3, 0.4) is 0 Å². The lowest BCUT2D eigenvalue weighted by atomic mass is 9.70. The van der Waals surface area contributed by atoms with Gasteiger partial charge in [-0.25, -0.2) is 4.79 Å². The zero-order valence-electron chi connectivity index (χ0n) is 27.5. The molecule has 2 amide bonds. The quantitative estimate of drug-likeness (QED) is 0.0996. The standard InChI is InChI=1S/C35H46N4O9S/c36-24(32(43)44)7-8-26(40)38-25(30(41)39-31(42)33(45)46)19-49-29-28-27-22(6-2-1-3-11-35(29)12-4-5-13-35)17-21(18-23(27)34(47)48-28)16-20-9-14-37-15-10-20/h9-10,14-15,18,22-25,29,31,42H,1-8,11-13,16-17,19,36H2,(H,38,40)(H,39,41)(H,43,44)(H,45,46)/t22-,23+,24-,25-,29-,31-/m0/s1.